The summed E-state index contributed by atoms with van der Waals surface area (Å²) in [6, 6.07) is 0. The van der Waals surface area contributed by atoms with Crippen molar-refractivity contribution in [2.24, 2.45) is 0 Å². The summed E-state index contributed by atoms with van der Waals surface area (Å²) in [5, 5.41) is 8.08. The van der Waals surface area contributed by atoms with Gasteiger partial charge in [0, 0.05) is 11.8 Å². The summed E-state index contributed by atoms with van der Waals surface area (Å²) in [5.74, 6) is 0. The molecule has 0 fully saturated rings. The van der Waals surface area contributed by atoms with Crippen LogP contribution in [0.5, 0.6) is 0 Å². The van der Waals surface area contributed by atoms with Crippen LogP contribution < -0.4 is 11.2 Å². The van der Waals surface area contributed by atoms with Crippen LogP contribution in [-0.2, 0) is 13.0 Å². The topological polar surface area (TPSA) is 80.6 Å². The molecule has 0 atom stereocenters. The second-order valence-corrected chi connectivity index (χ2v) is 4.99. The molecule has 0 amide bonds. The molecule has 2 aromatic heterocycles. The van der Waals surface area contributed by atoms with Gasteiger partial charge in [-0.25, -0.2) is 4.79 Å². The van der Waals surface area contributed by atoms with Crippen LogP contribution in [0.3, 0.4) is 0 Å². The molecule has 2 aromatic rings. The van der Waals surface area contributed by atoms with Crippen LogP contribution in [0.1, 0.15) is 17.5 Å². The molecule has 0 unspecified atom stereocenters. The van der Waals surface area contributed by atoms with Gasteiger partial charge >= 0.3 is 5.69 Å². The number of aromatic nitrogens is 4. The van der Waals surface area contributed by atoms with E-state index in [0.717, 1.165) is 0 Å². The summed E-state index contributed by atoms with van der Waals surface area (Å²) in [6.07, 6.45) is 2.10. The number of halogens is 1. The van der Waals surface area contributed by atoms with Gasteiger partial charge in [-0.15, -0.1) is 10.2 Å². The van der Waals surface area contributed by atoms with Gasteiger partial charge in [0.1, 0.15) is 5.01 Å². The smallest absolute Gasteiger partial charge is 0.293 e. The highest BCUT2D eigenvalue weighted by atomic mass is 35.5. The van der Waals surface area contributed by atoms with E-state index in [1.807, 2.05) is 6.92 Å². The molecule has 0 aliphatic rings. The number of rotatable bonds is 3. The normalized spacial score (nSPS) is 10.7. The monoisotopic (exact) mass is 272 g/mol. The number of nitrogens with zero attached hydrogens (tertiary/aromatic N) is 3. The molecular weight excluding hydrogens is 264 g/mol. The number of nitrogens with one attached hydrogen (secondary N) is 1. The molecule has 6 nitrogen and oxygen atoms in total. The minimum Gasteiger partial charge on any atom is -0.293 e. The lowest BCUT2D eigenvalue weighted by Crippen LogP contribution is -2.31. The molecule has 0 saturated carbocycles. The van der Waals surface area contributed by atoms with Crippen LogP contribution in [0.2, 0.25) is 4.47 Å². The lowest BCUT2D eigenvalue weighted by Gasteiger charge is -2.03. The van der Waals surface area contributed by atoms with E-state index in [1.165, 1.54) is 22.1 Å². The van der Waals surface area contributed by atoms with Crippen molar-refractivity contribution in [3.05, 3.63) is 42.1 Å². The predicted octanol–water partition coefficient (Wildman–Crippen LogP) is 0.652. The van der Waals surface area contributed by atoms with Crippen molar-refractivity contribution < 1.29 is 0 Å². The molecule has 0 aromatic carbocycles. The Morgan fingerprint density at radius 1 is 1.47 bits per heavy atom. The Morgan fingerprint density at radius 2 is 2.24 bits per heavy atom. The van der Waals surface area contributed by atoms with Gasteiger partial charge in [-0.2, -0.15) is 0 Å². The zero-order chi connectivity index (χ0) is 12.4. The van der Waals surface area contributed by atoms with Gasteiger partial charge < -0.3 is 0 Å². The summed E-state index contributed by atoms with van der Waals surface area (Å²) >= 11 is 6.85. The third-order valence-corrected chi connectivity index (χ3v) is 3.22. The molecule has 0 spiro atoms. The molecule has 2 rings (SSSR count). The second-order valence-electron chi connectivity index (χ2n) is 3.34. The first-order chi connectivity index (χ1) is 8.10. The third kappa shape index (κ3) is 2.62. The zero-order valence-electron chi connectivity index (χ0n) is 8.94. The number of aromatic amines is 1. The highest BCUT2D eigenvalue weighted by Gasteiger charge is 2.07. The van der Waals surface area contributed by atoms with E-state index in [2.05, 4.69) is 15.2 Å². The molecule has 0 saturated heterocycles. The molecule has 2 heterocycles. The van der Waals surface area contributed by atoms with E-state index < -0.39 is 5.69 Å². The second kappa shape index (κ2) is 4.80. The molecule has 17 heavy (non-hydrogen) atoms. The maximum absolute atomic E-state index is 11.6. The van der Waals surface area contributed by atoms with Crippen molar-refractivity contribution >= 4 is 22.9 Å². The van der Waals surface area contributed by atoms with Gasteiger partial charge in [0.25, 0.3) is 5.56 Å². The van der Waals surface area contributed by atoms with E-state index in [0.29, 0.717) is 21.5 Å². The minimum atomic E-state index is -0.460. The van der Waals surface area contributed by atoms with Gasteiger partial charge in [0.2, 0.25) is 4.47 Å². The largest absolute Gasteiger partial charge is 0.328 e. The maximum atomic E-state index is 11.6. The molecule has 0 aliphatic carbocycles. The maximum Gasteiger partial charge on any atom is 0.328 e. The van der Waals surface area contributed by atoms with Crippen molar-refractivity contribution in [2.45, 2.75) is 19.9 Å². The Balaban J connectivity index is 2.39. The van der Waals surface area contributed by atoms with Crippen LogP contribution in [-0.4, -0.2) is 19.7 Å². The lowest BCUT2D eigenvalue weighted by atomic mass is 10.3. The average Bonchev–Trinajstić information content (AvgIpc) is 2.68. The summed E-state index contributed by atoms with van der Waals surface area (Å²) < 4.78 is 1.71. The molecular formula is C9H9ClN4O2S. The first-order valence-corrected chi connectivity index (χ1v) is 6.10. The van der Waals surface area contributed by atoms with E-state index in [4.69, 9.17) is 11.6 Å². The summed E-state index contributed by atoms with van der Waals surface area (Å²) in [4.78, 5) is 25.2. The molecule has 90 valence electrons. The summed E-state index contributed by atoms with van der Waals surface area (Å²) in [6.45, 7) is 2.11. The van der Waals surface area contributed by atoms with Crippen molar-refractivity contribution in [1.82, 2.24) is 19.7 Å². The van der Waals surface area contributed by atoms with Crippen molar-refractivity contribution in [3.63, 3.8) is 0 Å². The fourth-order valence-electron chi connectivity index (χ4n) is 1.37. The number of H-pyrrole nitrogens is 1. The fourth-order valence-corrected chi connectivity index (χ4v) is 2.23. The van der Waals surface area contributed by atoms with Gasteiger partial charge in [-0.1, -0.05) is 18.3 Å². The van der Waals surface area contributed by atoms with E-state index >= 15 is 0 Å². The highest BCUT2D eigenvalue weighted by molar-refractivity contribution is 7.15. The van der Waals surface area contributed by atoms with Crippen molar-refractivity contribution in [1.29, 1.82) is 0 Å². The van der Waals surface area contributed by atoms with Gasteiger partial charge in [0.15, 0.2) is 0 Å². The van der Waals surface area contributed by atoms with Crippen LogP contribution in [0.4, 0.5) is 0 Å². The molecule has 0 aliphatic heterocycles. The van der Waals surface area contributed by atoms with Gasteiger partial charge in [0.05, 0.1) is 6.54 Å². The first kappa shape index (κ1) is 12.0. The zero-order valence-corrected chi connectivity index (χ0v) is 10.5. The molecule has 8 heteroatoms. The van der Waals surface area contributed by atoms with Gasteiger partial charge in [-0.3, -0.25) is 14.3 Å². The molecule has 0 bridgehead atoms. The van der Waals surface area contributed by atoms with Crippen LogP contribution in [0, 0.1) is 0 Å². The van der Waals surface area contributed by atoms with Gasteiger partial charge in [-0.05, 0) is 18.0 Å². The first-order valence-electron chi connectivity index (χ1n) is 4.90. The number of aryl methyl sites for hydroxylation is 1. The molecule has 1 N–H and O–H groups in total. The standard InChI is InChI=1S/C9H9ClN4O2S/c1-2-5-3-14(9(16)11-7(5)15)4-6-12-13-8(10)17-6/h3H,2,4H2,1H3,(H,11,15,16). The Bertz CT molecular complexity index is 645. The van der Waals surface area contributed by atoms with E-state index in [-0.39, 0.29) is 12.1 Å². The van der Waals surface area contributed by atoms with Crippen LogP contribution >= 0.6 is 22.9 Å². The van der Waals surface area contributed by atoms with E-state index in [1.54, 1.807) is 0 Å². The lowest BCUT2D eigenvalue weighted by molar-refractivity contribution is 0.698. The quantitative estimate of drug-likeness (QED) is 0.890. The Kier molecular flexibility index (Phi) is 3.39. The summed E-state index contributed by atoms with van der Waals surface area (Å²) in [7, 11) is 0. The molecule has 0 radical (unpaired) electrons. The number of hydrogen-bond acceptors (Lipinski definition) is 5. The van der Waals surface area contributed by atoms with Crippen LogP contribution in [0.15, 0.2) is 15.8 Å². The SMILES string of the molecule is CCc1cn(Cc2nnc(Cl)s2)c(=O)[nH]c1=O. The fraction of sp³-hybridized carbons (Fsp3) is 0.333. The van der Waals surface area contributed by atoms with Crippen molar-refractivity contribution in [2.75, 3.05) is 0 Å². The average molecular weight is 273 g/mol. The highest BCUT2D eigenvalue weighted by Crippen LogP contribution is 2.15. The third-order valence-electron chi connectivity index (χ3n) is 2.21. The Labute approximate surface area is 105 Å². The number of hydrogen-bond donors (Lipinski definition) is 1. The Morgan fingerprint density at radius 3 is 2.82 bits per heavy atom. The van der Waals surface area contributed by atoms with Crippen molar-refractivity contribution in [3.8, 4) is 0 Å². The Hall–Kier alpha value is -1.47. The summed E-state index contributed by atoms with van der Waals surface area (Å²) in [5.41, 5.74) is -0.247. The predicted molar refractivity (Wildman–Crippen MR) is 64.7 cm³/mol. The minimum absolute atomic E-state index is 0.257. The van der Waals surface area contributed by atoms with Crippen LogP contribution in [0.25, 0.3) is 0 Å². The van der Waals surface area contributed by atoms with E-state index in [9.17, 15) is 9.59 Å².